The zero-order valence-corrected chi connectivity index (χ0v) is 12.5. The van der Waals surface area contributed by atoms with Crippen LogP contribution < -0.4 is 5.32 Å². The fourth-order valence-corrected chi connectivity index (χ4v) is 2.95. The average molecular weight is 273 g/mol. The molecule has 2 rings (SSSR count). The van der Waals surface area contributed by atoms with Crippen LogP contribution in [-0.4, -0.2) is 18.2 Å². The molecule has 20 heavy (non-hydrogen) atoms. The Bertz CT molecular complexity index is 502. The van der Waals surface area contributed by atoms with E-state index >= 15 is 0 Å². The molecule has 3 nitrogen and oxygen atoms in total. The smallest absolute Gasteiger partial charge is 0.251 e. The topological polar surface area (TPSA) is 46.2 Å². The summed E-state index contributed by atoms with van der Waals surface area (Å²) in [5.74, 6) is 0.524. The van der Waals surface area contributed by atoms with E-state index < -0.39 is 0 Å². The first-order valence-corrected chi connectivity index (χ1v) is 7.29. The molecule has 1 atom stereocenters. The predicted molar refractivity (Wildman–Crippen MR) is 79.9 cm³/mol. The number of nitrogens with one attached hydrogen (secondary N) is 1. The van der Waals surface area contributed by atoms with Gasteiger partial charge in [-0.1, -0.05) is 32.4 Å². The van der Waals surface area contributed by atoms with Crippen molar-refractivity contribution >= 4 is 11.7 Å². The van der Waals surface area contributed by atoms with Crippen molar-refractivity contribution in [3.8, 4) is 0 Å². The van der Waals surface area contributed by atoms with Crippen molar-refractivity contribution in [2.45, 2.75) is 40.0 Å². The van der Waals surface area contributed by atoms with Crippen molar-refractivity contribution in [3.05, 3.63) is 35.4 Å². The molecule has 1 aromatic carbocycles. The summed E-state index contributed by atoms with van der Waals surface area (Å²) in [7, 11) is 0. The van der Waals surface area contributed by atoms with Crippen molar-refractivity contribution in [1.82, 2.24) is 5.32 Å². The molecule has 108 valence electrons. The third kappa shape index (κ3) is 3.27. The van der Waals surface area contributed by atoms with Crippen LogP contribution in [-0.2, 0) is 0 Å². The van der Waals surface area contributed by atoms with Gasteiger partial charge in [0.1, 0.15) is 0 Å². The number of ketones is 1. The van der Waals surface area contributed by atoms with Crippen LogP contribution in [0.2, 0.25) is 0 Å². The van der Waals surface area contributed by atoms with E-state index in [9.17, 15) is 9.59 Å². The fourth-order valence-electron chi connectivity index (χ4n) is 2.95. The first-order chi connectivity index (χ1) is 9.40. The lowest BCUT2D eigenvalue weighted by Crippen LogP contribution is -2.33. The van der Waals surface area contributed by atoms with E-state index in [0.29, 0.717) is 22.5 Å². The molecule has 0 bridgehead atoms. The van der Waals surface area contributed by atoms with Crippen LogP contribution in [0.1, 0.15) is 60.7 Å². The number of Topliss-reactive ketones (excluding diaryl/α,β-unsaturated/α-hetero) is 1. The summed E-state index contributed by atoms with van der Waals surface area (Å²) in [5.41, 5.74) is 1.58. The third-order valence-corrected chi connectivity index (χ3v) is 4.54. The van der Waals surface area contributed by atoms with Gasteiger partial charge in [0.15, 0.2) is 5.78 Å². The Kier molecular flexibility index (Phi) is 4.26. The monoisotopic (exact) mass is 273 g/mol. The van der Waals surface area contributed by atoms with Gasteiger partial charge in [0.2, 0.25) is 0 Å². The minimum atomic E-state index is -0.0530. The summed E-state index contributed by atoms with van der Waals surface area (Å²) < 4.78 is 0. The van der Waals surface area contributed by atoms with Gasteiger partial charge in [-0.05, 0) is 43.2 Å². The van der Waals surface area contributed by atoms with E-state index in [0.717, 1.165) is 6.54 Å². The lowest BCUT2D eigenvalue weighted by atomic mass is 9.82. The maximum absolute atomic E-state index is 12.1. The van der Waals surface area contributed by atoms with Crippen molar-refractivity contribution in [2.24, 2.45) is 11.3 Å². The minimum absolute atomic E-state index is 0.0182. The highest BCUT2D eigenvalue weighted by atomic mass is 16.1. The highest BCUT2D eigenvalue weighted by Gasteiger charge is 2.34. The second-order valence-electron chi connectivity index (χ2n) is 6.42. The van der Waals surface area contributed by atoms with E-state index in [2.05, 4.69) is 19.2 Å². The highest BCUT2D eigenvalue weighted by Crippen LogP contribution is 2.41. The van der Waals surface area contributed by atoms with Crippen LogP contribution in [0.25, 0.3) is 0 Å². The SMILES string of the molecule is CC(=O)c1ccc(C(=O)NCC2CCCC2(C)C)cc1. The Morgan fingerprint density at radius 2 is 1.80 bits per heavy atom. The lowest BCUT2D eigenvalue weighted by molar-refractivity contribution is 0.0935. The second-order valence-corrected chi connectivity index (χ2v) is 6.42. The summed E-state index contributed by atoms with van der Waals surface area (Å²) >= 11 is 0. The van der Waals surface area contributed by atoms with Crippen LogP contribution >= 0.6 is 0 Å². The molecule has 0 heterocycles. The quantitative estimate of drug-likeness (QED) is 0.854. The van der Waals surface area contributed by atoms with Crippen molar-refractivity contribution in [2.75, 3.05) is 6.54 Å². The number of rotatable bonds is 4. The van der Waals surface area contributed by atoms with Gasteiger partial charge < -0.3 is 5.32 Å². The molecule has 0 saturated heterocycles. The van der Waals surface area contributed by atoms with Crippen molar-refractivity contribution < 1.29 is 9.59 Å². The molecule has 1 aromatic rings. The van der Waals surface area contributed by atoms with Crippen LogP contribution in [0, 0.1) is 11.3 Å². The Morgan fingerprint density at radius 1 is 1.20 bits per heavy atom. The van der Waals surface area contributed by atoms with Crippen LogP contribution in [0.5, 0.6) is 0 Å². The third-order valence-electron chi connectivity index (χ3n) is 4.54. The number of hydrogen-bond acceptors (Lipinski definition) is 2. The number of carbonyl (C=O) groups is 2. The molecular formula is C17H23NO2. The van der Waals surface area contributed by atoms with Gasteiger partial charge in [-0.3, -0.25) is 9.59 Å². The van der Waals surface area contributed by atoms with Gasteiger partial charge in [-0.15, -0.1) is 0 Å². The molecule has 0 spiro atoms. The first kappa shape index (κ1) is 14.8. The molecule has 1 aliphatic rings. The molecule has 0 aliphatic heterocycles. The largest absolute Gasteiger partial charge is 0.352 e. The fraction of sp³-hybridized carbons (Fsp3) is 0.529. The number of benzene rings is 1. The van der Waals surface area contributed by atoms with Crippen LogP contribution in [0.3, 0.4) is 0 Å². The second kappa shape index (κ2) is 5.78. The van der Waals surface area contributed by atoms with Crippen LogP contribution in [0.15, 0.2) is 24.3 Å². The zero-order valence-electron chi connectivity index (χ0n) is 12.5. The summed E-state index contributed by atoms with van der Waals surface area (Å²) in [6, 6.07) is 6.84. The van der Waals surface area contributed by atoms with E-state index in [1.807, 2.05) is 0 Å². The van der Waals surface area contributed by atoms with E-state index in [-0.39, 0.29) is 11.7 Å². The summed E-state index contributed by atoms with van der Waals surface area (Å²) in [6.45, 7) is 6.81. The standard InChI is InChI=1S/C17H23NO2/c1-12(19)13-6-8-14(9-7-13)16(20)18-11-15-5-4-10-17(15,2)3/h6-9,15H,4-5,10-11H2,1-3H3,(H,18,20). The van der Waals surface area contributed by atoms with Crippen molar-refractivity contribution in [1.29, 1.82) is 0 Å². The molecule has 1 amide bonds. The zero-order chi connectivity index (χ0) is 14.8. The van der Waals surface area contributed by atoms with Gasteiger partial charge in [0, 0.05) is 17.7 Å². The van der Waals surface area contributed by atoms with Gasteiger partial charge in [-0.25, -0.2) is 0 Å². The Labute approximate surface area is 120 Å². The van der Waals surface area contributed by atoms with E-state index in [1.165, 1.54) is 26.2 Å². The summed E-state index contributed by atoms with van der Waals surface area (Å²) in [5, 5.41) is 3.02. The van der Waals surface area contributed by atoms with Crippen molar-refractivity contribution in [3.63, 3.8) is 0 Å². The molecule has 1 saturated carbocycles. The van der Waals surface area contributed by atoms with E-state index in [4.69, 9.17) is 0 Å². The number of carbonyl (C=O) groups excluding carboxylic acids is 2. The Balaban J connectivity index is 1.93. The molecule has 3 heteroatoms. The summed E-state index contributed by atoms with van der Waals surface area (Å²) in [6.07, 6.45) is 3.68. The maximum atomic E-state index is 12.1. The van der Waals surface area contributed by atoms with E-state index in [1.54, 1.807) is 24.3 Å². The Morgan fingerprint density at radius 3 is 2.30 bits per heavy atom. The molecule has 1 unspecified atom stereocenters. The van der Waals surface area contributed by atoms with Gasteiger partial charge >= 0.3 is 0 Å². The minimum Gasteiger partial charge on any atom is -0.352 e. The average Bonchev–Trinajstić information content (AvgIpc) is 2.75. The molecule has 1 fully saturated rings. The summed E-state index contributed by atoms with van der Waals surface area (Å²) in [4.78, 5) is 23.3. The van der Waals surface area contributed by atoms with Crippen LogP contribution in [0.4, 0.5) is 0 Å². The molecular weight excluding hydrogens is 250 g/mol. The molecule has 0 aromatic heterocycles. The molecule has 1 aliphatic carbocycles. The number of hydrogen-bond donors (Lipinski definition) is 1. The Hall–Kier alpha value is -1.64. The molecule has 1 N–H and O–H groups in total. The lowest BCUT2D eigenvalue weighted by Gasteiger charge is -2.27. The normalized spacial score (nSPS) is 20.6. The number of amides is 1. The predicted octanol–water partition coefficient (Wildman–Crippen LogP) is 3.45. The maximum Gasteiger partial charge on any atom is 0.251 e. The highest BCUT2D eigenvalue weighted by molar-refractivity contribution is 5.97. The first-order valence-electron chi connectivity index (χ1n) is 7.29. The molecule has 0 radical (unpaired) electrons. The van der Waals surface area contributed by atoms with Gasteiger partial charge in [0.25, 0.3) is 5.91 Å². The van der Waals surface area contributed by atoms with Gasteiger partial charge in [0.05, 0.1) is 0 Å². The van der Waals surface area contributed by atoms with Gasteiger partial charge in [-0.2, -0.15) is 0 Å².